The van der Waals surface area contributed by atoms with Gasteiger partial charge >= 0.3 is 0 Å². The van der Waals surface area contributed by atoms with Crippen molar-refractivity contribution in [2.45, 2.75) is 26.3 Å². The van der Waals surface area contributed by atoms with Crippen LogP contribution in [0.15, 0.2) is 33.9 Å². The fourth-order valence-corrected chi connectivity index (χ4v) is 3.13. The van der Waals surface area contributed by atoms with Crippen molar-refractivity contribution in [2.24, 2.45) is 4.99 Å². The number of guanidine groups is 1. The van der Waals surface area contributed by atoms with Crippen molar-refractivity contribution < 1.29 is 4.39 Å². The third-order valence-electron chi connectivity index (χ3n) is 3.23. The predicted molar refractivity (Wildman–Crippen MR) is 97.5 cm³/mol. The van der Waals surface area contributed by atoms with Crippen molar-refractivity contribution in [3.05, 3.63) is 50.1 Å². The zero-order valence-corrected chi connectivity index (χ0v) is 15.6. The van der Waals surface area contributed by atoms with Gasteiger partial charge in [-0.3, -0.25) is 4.99 Å². The van der Waals surface area contributed by atoms with Crippen molar-refractivity contribution in [3.63, 3.8) is 0 Å². The van der Waals surface area contributed by atoms with Gasteiger partial charge < -0.3 is 10.6 Å². The molecule has 0 atom stereocenters. The van der Waals surface area contributed by atoms with Gasteiger partial charge in [0.25, 0.3) is 0 Å². The van der Waals surface area contributed by atoms with Crippen molar-refractivity contribution in [2.75, 3.05) is 13.6 Å². The number of nitrogens with zero attached hydrogens (tertiary/aromatic N) is 2. The molecule has 2 rings (SSSR count). The Kier molecular flexibility index (Phi) is 6.98. The number of hydrogen-bond acceptors (Lipinski definition) is 3. The molecule has 0 amide bonds. The van der Waals surface area contributed by atoms with Gasteiger partial charge in [0, 0.05) is 29.1 Å². The Morgan fingerprint density at radius 3 is 2.87 bits per heavy atom. The normalized spacial score (nSPS) is 11.6. The van der Waals surface area contributed by atoms with Crippen molar-refractivity contribution in [1.82, 2.24) is 15.6 Å². The highest BCUT2D eigenvalue weighted by molar-refractivity contribution is 9.10. The van der Waals surface area contributed by atoms with E-state index in [0.717, 1.165) is 34.0 Å². The average molecular weight is 399 g/mol. The first kappa shape index (κ1) is 17.9. The number of aromatic nitrogens is 1. The summed E-state index contributed by atoms with van der Waals surface area (Å²) in [7, 11) is 1.73. The smallest absolute Gasteiger partial charge is 0.191 e. The van der Waals surface area contributed by atoms with Crippen LogP contribution in [0.1, 0.15) is 21.9 Å². The van der Waals surface area contributed by atoms with Crippen molar-refractivity contribution in [3.8, 4) is 0 Å². The molecule has 124 valence electrons. The highest BCUT2D eigenvalue weighted by Gasteiger charge is 2.04. The van der Waals surface area contributed by atoms with Crippen LogP contribution in [0.5, 0.6) is 0 Å². The number of benzene rings is 1. The summed E-state index contributed by atoms with van der Waals surface area (Å²) >= 11 is 4.93. The number of aryl methyl sites for hydroxylation is 2. The second kappa shape index (κ2) is 8.98. The van der Waals surface area contributed by atoms with Crippen LogP contribution in [0.25, 0.3) is 0 Å². The molecule has 1 aromatic heterocycles. The fourth-order valence-electron chi connectivity index (χ4n) is 2.07. The maximum atomic E-state index is 13.7. The van der Waals surface area contributed by atoms with E-state index in [-0.39, 0.29) is 5.82 Å². The molecule has 0 aliphatic carbocycles. The molecule has 1 heterocycles. The molecule has 4 nitrogen and oxygen atoms in total. The van der Waals surface area contributed by atoms with E-state index < -0.39 is 0 Å². The Bertz CT molecular complexity index is 672. The molecule has 0 fully saturated rings. The lowest BCUT2D eigenvalue weighted by Crippen LogP contribution is -2.37. The summed E-state index contributed by atoms with van der Waals surface area (Å²) in [5.41, 5.74) is 0.733. The van der Waals surface area contributed by atoms with Crippen LogP contribution in [0.3, 0.4) is 0 Å². The van der Waals surface area contributed by atoms with E-state index in [4.69, 9.17) is 0 Å². The lowest BCUT2D eigenvalue weighted by atomic mass is 10.1. The minimum absolute atomic E-state index is 0.166. The molecule has 0 saturated carbocycles. The molecule has 1 aromatic carbocycles. The second-order valence-corrected chi connectivity index (χ2v) is 7.29. The number of halogens is 2. The largest absolute Gasteiger partial charge is 0.356 e. The summed E-state index contributed by atoms with van der Waals surface area (Å²) in [5, 5.41) is 7.48. The van der Waals surface area contributed by atoms with E-state index >= 15 is 0 Å². The minimum atomic E-state index is -0.166. The van der Waals surface area contributed by atoms with Crippen LogP contribution >= 0.6 is 27.3 Å². The zero-order chi connectivity index (χ0) is 16.7. The number of rotatable bonds is 6. The number of aliphatic imine (C=N–C) groups is 1. The Morgan fingerprint density at radius 1 is 1.39 bits per heavy atom. The van der Waals surface area contributed by atoms with Gasteiger partial charge in [-0.15, -0.1) is 11.3 Å². The molecular formula is C16H20BrFN4S. The molecule has 0 bridgehead atoms. The van der Waals surface area contributed by atoms with Gasteiger partial charge in [-0.2, -0.15) is 0 Å². The van der Waals surface area contributed by atoms with Crippen LogP contribution < -0.4 is 10.6 Å². The number of thiazole rings is 1. The SMILES string of the molecule is CN=C(NCCCc1ccc(Br)cc1F)NCc1ncc(C)s1. The van der Waals surface area contributed by atoms with Crippen molar-refractivity contribution >= 4 is 33.2 Å². The summed E-state index contributed by atoms with van der Waals surface area (Å²) in [6.07, 6.45) is 3.38. The van der Waals surface area contributed by atoms with Gasteiger partial charge in [0.2, 0.25) is 0 Å². The average Bonchev–Trinajstić information content (AvgIpc) is 2.94. The number of hydrogen-bond donors (Lipinski definition) is 2. The van der Waals surface area contributed by atoms with Crippen LogP contribution in [0, 0.1) is 12.7 Å². The maximum Gasteiger partial charge on any atom is 0.191 e. The lowest BCUT2D eigenvalue weighted by Gasteiger charge is -2.11. The van der Waals surface area contributed by atoms with E-state index in [1.54, 1.807) is 18.4 Å². The summed E-state index contributed by atoms with van der Waals surface area (Å²) in [5.74, 6) is 0.565. The quantitative estimate of drug-likeness (QED) is 0.443. The molecule has 23 heavy (non-hydrogen) atoms. The van der Waals surface area contributed by atoms with E-state index in [1.165, 1.54) is 10.9 Å². The molecular weight excluding hydrogens is 379 g/mol. The molecule has 7 heteroatoms. The molecule has 2 N–H and O–H groups in total. The van der Waals surface area contributed by atoms with Crippen LogP contribution in [0.4, 0.5) is 4.39 Å². The molecule has 2 aromatic rings. The minimum Gasteiger partial charge on any atom is -0.356 e. The molecule has 0 aliphatic rings. The summed E-state index contributed by atoms with van der Waals surface area (Å²) in [4.78, 5) is 9.67. The topological polar surface area (TPSA) is 49.3 Å². The molecule has 0 spiro atoms. The van der Waals surface area contributed by atoms with Gasteiger partial charge in [0.1, 0.15) is 10.8 Å². The predicted octanol–water partition coefficient (Wildman–Crippen LogP) is 3.65. The first-order chi connectivity index (χ1) is 11.1. The van der Waals surface area contributed by atoms with E-state index in [1.807, 2.05) is 25.3 Å². The standard InChI is InChI=1S/C16H20BrFN4S/c1-11-9-21-15(23-11)10-22-16(19-2)20-7-3-4-12-5-6-13(17)8-14(12)18/h5-6,8-9H,3-4,7,10H2,1-2H3,(H2,19,20,22). The van der Waals surface area contributed by atoms with Gasteiger partial charge in [-0.25, -0.2) is 9.37 Å². The highest BCUT2D eigenvalue weighted by Crippen LogP contribution is 2.16. The first-order valence-corrected chi connectivity index (χ1v) is 8.99. The van der Waals surface area contributed by atoms with Gasteiger partial charge in [-0.1, -0.05) is 22.0 Å². The first-order valence-electron chi connectivity index (χ1n) is 7.38. The maximum absolute atomic E-state index is 13.7. The zero-order valence-electron chi connectivity index (χ0n) is 13.2. The van der Waals surface area contributed by atoms with E-state index in [2.05, 4.69) is 36.5 Å². The Morgan fingerprint density at radius 2 is 2.22 bits per heavy atom. The molecule has 0 unspecified atom stereocenters. The Balaban J connectivity index is 1.71. The third-order valence-corrected chi connectivity index (χ3v) is 4.64. The van der Waals surface area contributed by atoms with E-state index in [9.17, 15) is 4.39 Å². The summed E-state index contributed by atoms with van der Waals surface area (Å²) in [6, 6.07) is 5.18. The second-order valence-electron chi connectivity index (χ2n) is 5.06. The van der Waals surface area contributed by atoms with Crippen LogP contribution in [0.2, 0.25) is 0 Å². The van der Waals surface area contributed by atoms with E-state index in [0.29, 0.717) is 13.0 Å². The van der Waals surface area contributed by atoms with Gasteiger partial charge in [0.15, 0.2) is 5.96 Å². The molecule has 0 aliphatic heterocycles. The third kappa shape index (κ3) is 5.91. The van der Waals surface area contributed by atoms with Crippen LogP contribution in [-0.2, 0) is 13.0 Å². The van der Waals surface area contributed by atoms with Gasteiger partial charge in [-0.05, 0) is 37.5 Å². The lowest BCUT2D eigenvalue weighted by molar-refractivity contribution is 0.602. The fraction of sp³-hybridized carbons (Fsp3) is 0.375. The molecule has 0 saturated heterocycles. The van der Waals surface area contributed by atoms with Gasteiger partial charge in [0.05, 0.1) is 6.54 Å². The number of nitrogens with one attached hydrogen (secondary N) is 2. The molecule has 0 radical (unpaired) electrons. The monoisotopic (exact) mass is 398 g/mol. The van der Waals surface area contributed by atoms with Crippen molar-refractivity contribution in [1.29, 1.82) is 0 Å². The Hall–Kier alpha value is -1.47. The highest BCUT2D eigenvalue weighted by atomic mass is 79.9. The summed E-state index contributed by atoms with van der Waals surface area (Å²) in [6.45, 7) is 3.42. The van der Waals surface area contributed by atoms with Crippen LogP contribution in [-0.4, -0.2) is 24.5 Å². The summed E-state index contributed by atoms with van der Waals surface area (Å²) < 4.78 is 14.5. The Labute approximate surface area is 148 Å².